The first kappa shape index (κ1) is 23.0. The van der Waals surface area contributed by atoms with Crippen LogP contribution in [-0.2, 0) is 9.53 Å². The molecule has 0 saturated carbocycles. The molecule has 2 aromatic carbocycles. The van der Waals surface area contributed by atoms with Crippen LogP contribution >= 0.6 is 11.8 Å². The molecule has 1 N–H and O–H groups in total. The van der Waals surface area contributed by atoms with Gasteiger partial charge in [-0.05, 0) is 19.1 Å². The fourth-order valence-corrected chi connectivity index (χ4v) is 3.22. The Labute approximate surface area is 177 Å². The van der Waals surface area contributed by atoms with Gasteiger partial charge in [0.15, 0.2) is 18.1 Å². The summed E-state index contributed by atoms with van der Waals surface area (Å²) in [6.07, 6.45) is 0. The first-order valence-corrected chi connectivity index (χ1v) is 10.1. The van der Waals surface area contributed by atoms with Gasteiger partial charge in [0, 0.05) is 23.3 Å². The number of ether oxygens (including phenoxy) is 3. The van der Waals surface area contributed by atoms with Gasteiger partial charge in [-0.2, -0.15) is 0 Å². The smallest absolute Gasteiger partial charge is 0.345 e. The second-order valence-electron chi connectivity index (χ2n) is 5.80. The van der Waals surface area contributed by atoms with Crippen LogP contribution in [0.1, 0.15) is 17.3 Å². The van der Waals surface area contributed by atoms with Crippen molar-refractivity contribution < 1.29 is 28.7 Å². The van der Waals surface area contributed by atoms with Gasteiger partial charge in [-0.1, -0.05) is 18.2 Å². The summed E-state index contributed by atoms with van der Waals surface area (Å²) in [6, 6.07) is 12.0. The van der Waals surface area contributed by atoms with Crippen molar-refractivity contribution in [3.8, 4) is 11.5 Å². The summed E-state index contributed by atoms with van der Waals surface area (Å²) in [6.45, 7) is 1.80. The zero-order chi connectivity index (χ0) is 21.9. The number of methoxy groups -OCH3 is 1. The van der Waals surface area contributed by atoms with Crippen molar-refractivity contribution in [2.45, 2.75) is 11.8 Å². The highest BCUT2D eigenvalue weighted by Gasteiger charge is 2.26. The first-order chi connectivity index (χ1) is 14.5. The molecule has 2 rings (SSSR count). The minimum atomic E-state index is -1.00. The molecule has 0 radical (unpaired) electrons. The Balaban J connectivity index is 1.91. The Hall–Kier alpha value is -3.27. The number of esters is 1. The standard InChI is InChI=1S/C20H22N2O7S/c1-3-28-18-12-16(22(25)26)15(11-17(18)27-2)20(24)29-13-19(23)21-9-10-30-14-7-5-4-6-8-14/h4-8,11-12H,3,9-10,13H2,1-2H3,(H,21,23). The van der Waals surface area contributed by atoms with E-state index in [9.17, 15) is 19.7 Å². The molecule has 0 aliphatic heterocycles. The Bertz CT molecular complexity index is 890. The number of carbonyl (C=O) groups is 2. The molecule has 9 nitrogen and oxygen atoms in total. The van der Waals surface area contributed by atoms with Crippen LogP contribution in [-0.4, -0.2) is 49.4 Å². The highest BCUT2D eigenvalue weighted by atomic mass is 32.2. The van der Waals surface area contributed by atoms with E-state index >= 15 is 0 Å². The van der Waals surface area contributed by atoms with Crippen molar-refractivity contribution in [1.82, 2.24) is 5.32 Å². The first-order valence-electron chi connectivity index (χ1n) is 9.07. The molecule has 0 spiro atoms. The molecule has 160 valence electrons. The number of carbonyl (C=O) groups excluding carboxylic acids is 2. The minimum Gasteiger partial charge on any atom is -0.493 e. The van der Waals surface area contributed by atoms with Gasteiger partial charge in [0.25, 0.3) is 11.6 Å². The maximum absolute atomic E-state index is 12.3. The van der Waals surface area contributed by atoms with Crippen LogP contribution in [0.3, 0.4) is 0 Å². The highest BCUT2D eigenvalue weighted by molar-refractivity contribution is 7.99. The van der Waals surface area contributed by atoms with E-state index < -0.39 is 29.1 Å². The summed E-state index contributed by atoms with van der Waals surface area (Å²) < 4.78 is 15.3. The van der Waals surface area contributed by atoms with Gasteiger partial charge in [0.05, 0.1) is 24.7 Å². The molecule has 0 fully saturated rings. The minimum absolute atomic E-state index is 0.136. The molecule has 2 aromatic rings. The Kier molecular flexibility index (Phi) is 8.95. The van der Waals surface area contributed by atoms with E-state index in [1.54, 1.807) is 18.7 Å². The molecule has 0 aliphatic rings. The molecule has 0 aromatic heterocycles. The predicted molar refractivity (Wildman–Crippen MR) is 111 cm³/mol. The molecular weight excluding hydrogens is 412 g/mol. The van der Waals surface area contributed by atoms with Crippen LogP contribution in [0.4, 0.5) is 5.69 Å². The Morgan fingerprint density at radius 1 is 1.17 bits per heavy atom. The summed E-state index contributed by atoms with van der Waals surface area (Å²) >= 11 is 1.57. The number of amides is 1. The van der Waals surface area contributed by atoms with Gasteiger partial charge in [0.2, 0.25) is 0 Å². The second-order valence-corrected chi connectivity index (χ2v) is 6.97. The van der Waals surface area contributed by atoms with E-state index in [0.29, 0.717) is 12.3 Å². The zero-order valence-electron chi connectivity index (χ0n) is 16.6. The Morgan fingerprint density at radius 3 is 2.53 bits per heavy atom. The number of nitrogens with zero attached hydrogens (tertiary/aromatic N) is 1. The van der Waals surface area contributed by atoms with Crippen molar-refractivity contribution >= 4 is 29.3 Å². The molecule has 10 heteroatoms. The third-order valence-corrected chi connectivity index (χ3v) is 4.78. The van der Waals surface area contributed by atoms with Gasteiger partial charge in [-0.25, -0.2) is 4.79 Å². The topological polar surface area (TPSA) is 117 Å². The number of thioether (sulfide) groups is 1. The summed E-state index contributed by atoms with van der Waals surface area (Å²) in [4.78, 5) is 35.9. The molecule has 30 heavy (non-hydrogen) atoms. The quantitative estimate of drug-likeness (QED) is 0.189. The number of hydrogen-bond donors (Lipinski definition) is 1. The van der Waals surface area contributed by atoms with Crippen LogP contribution in [0.5, 0.6) is 11.5 Å². The van der Waals surface area contributed by atoms with Gasteiger partial charge in [-0.15, -0.1) is 11.8 Å². The average molecular weight is 434 g/mol. The number of benzene rings is 2. The predicted octanol–water partition coefficient (Wildman–Crippen LogP) is 3.07. The fourth-order valence-electron chi connectivity index (χ4n) is 2.43. The van der Waals surface area contributed by atoms with Gasteiger partial charge < -0.3 is 19.5 Å². The van der Waals surface area contributed by atoms with Gasteiger partial charge in [-0.3, -0.25) is 14.9 Å². The lowest BCUT2D eigenvalue weighted by atomic mass is 10.1. The molecule has 1 amide bonds. The summed E-state index contributed by atoms with van der Waals surface area (Å²) in [5.74, 6) is -0.575. The Morgan fingerprint density at radius 2 is 1.90 bits per heavy atom. The molecule has 0 atom stereocenters. The number of rotatable bonds is 11. The normalized spacial score (nSPS) is 10.2. The van der Waals surface area contributed by atoms with E-state index in [1.165, 1.54) is 13.2 Å². The second kappa shape index (κ2) is 11.7. The molecule has 0 unspecified atom stereocenters. The third kappa shape index (κ3) is 6.66. The van der Waals surface area contributed by atoms with Gasteiger partial charge >= 0.3 is 5.97 Å². The van der Waals surface area contributed by atoms with Crippen molar-refractivity contribution in [2.75, 3.05) is 32.6 Å². The van der Waals surface area contributed by atoms with E-state index in [1.807, 2.05) is 30.3 Å². The fraction of sp³-hybridized carbons (Fsp3) is 0.300. The summed E-state index contributed by atoms with van der Waals surface area (Å²) in [5.41, 5.74) is -0.823. The van der Waals surface area contributed by atoms with E-state index in [-0.39, 0.29) is 23.7 Å². The van der Waals surface area contributed by atoms with Crippen LogP contribution < -0.4 is 14.8 Å². The largest absolute Gasteiger partial charge is 0.493 e. The van der Waals surface area contributed by atoms with Crippen molar-refractivity contribution in [3.63, 3.8) is 0 Å². The van der Waals surface area contributed by atoms with Crippen LogP contribution in [0.2, 0.25) is 0 Å². The zero-order valence-corrected chi connectivity index (χ0v) is 17.4. The number of nitrogens with one attached hydrogen (secondary N) is 1. The van der Waals surface area contributed by atoms with Crippen LogP contribution in [0.25, 0.3) is 0 Å². The van der Waals surface area contributed by atoms with Crippen molar-refractivity contribution in [1.29, 1.82) is 0 Å². The maximum atomic E-state index is 12.3. The van der Waals surface area contributed by atoms with Crippen molar-refractivity contribution in [2.24, 2.45) is 0 Å². The highest BCUT2D eigenvalue weighted by Crippen LogP contribution is 2.35. The van der Waals surface area contributed by atoms with Crippen LogP contribution in [0.15, 0.2) is 47.4 Å². The number of nitro groups is 1. The summed E-state index contributed by atoms with van der Waals surface area (Å²) in [7, 11) is 1.35. The average Bonchev–Trinajstić information content (AvgIpc) is 2.75. The lowest BCUT2D eigenvalue weighted by Gasteiger charge is -2.11. The molecule has 0 heterocycles. The molecule has 0 aliphatic carbocycles. The van der Waals surface area contributed by atoms with E-state index in [2.05, 4.69) is 5.32 Å². The van der Waals surface area contributed by atoms with Gasteiger partial charge in [0.1, 0.15) is 5.56 Å². The third-order valence-electron chi connectivity index (χ3n) is 3.77. The molecular formula is C20H22N2O7S. The SMILES string of the molecule is CCOc1cc([N+](=O)[O-])c(C(=O)OCC(=O)NCCSc2ccccc2)cc1OC. The van der Waals surface area contributed by atoms with Crippen LogP contribution in [0, 0.1) is 10.1 Å². The van der Waals surface area contributed by atoms with E-state index in [0.717, 1.165) is 11.0 Å². The number of nitro benzene ring substituents is 1. The van der Waals surface area contributed by atoms with E-state index in [4.69, 9.17) is 14.2 Å². The number of hydrogen-bond acceptors (Lipinski definition) is 8. The maximum Gasteiger partial charge on any atom is 0.345 e. The monoisotopic (exact) mass is 434 g/mol. The summed E-state index contributed by atoms with van der Waals surface area (Å²) in [5, 5.41) is 14.0. The molecule has 0 bridgehead atoms. The van der Waals surface area contributed by atoms with Crippen molar-refractivity contribution in [3.05, 3.63) is 58.1 Å². The lowest BCUT2D eigenvalue weighted by molar-refractivity contribution is -0.385. The lowest BCUT2D eigenvalue weighted by Crippen LogP contribution is -2.30. The molecule has 0 saturated heterocycles.